The van der Waals surface area contributed by atoms with Crippen LogP contribution in [0.2, 0.25) is 0 Å². The van der Waals surface area contributed by atoms with Gasteiger partial charge in [-0.2, -0.15) is 5.10 Å². The van der Waals surface area contributed by atoms with Gasteiger partial charge in [-0.3, -0.25) is 0 Å². The zero-order valence-corrected chi connectivity index (χ0v) is 10.7. The van der Waals surface area contributed by atoms with Gasteiger partial charge in [0.15, 0.2) is 5.82 Å². The number of rotatable bonds is 2. The van der Waals surface area contributed by atoms with Crippen molar-refractivity contribution in [3.8, 4) is 0 Å². The number of anilines is 2. The van der Waals surface area contributed by atoms with Crippen LogP contribution in [0.3, 0.4) is 0 Å². The molecule has 0 bridgehead atoms. The Morgan fingerprint density at radius 3 is 2.38 bits per heavy atom. The highest BCUT2D eigenvalue weighted by Crippen LogP contribution is 2.33. The molecule has 2 heterocycles. The number of hydrogen-bond acceptors (Lipinski definition) is 3. The maximum absolute atomic E-state index is 6.12. The SMILES string of the molecule is CCn1nc(C)c(N)c1N1CC(C)C(C)C1. The Morgan fingerprint density at radius 1 is 1.31 bits per heavy atom. The fourth-order valence-corrected chi connectivity index (χ4v) is 2.44. The first kappa shape index (κ1) is 11.3. The van der Waals surface area contributed by atoms with E-state index < -0.39 is 0 Å². The van der Waals surface area contributed by atoms with Crippen LogP contribution in [0.5, 0.6) is 0 Å². The normalized spacial score (nSPS) is 25.4. The summed E-state index contributed by atoms with van der Waals surface area (Å²) in [5, 5.41) is 4.47. The Balaban J connectivity index is 2.33. The molecule has 1 aliphatic rings. The highest BCUT2D eigenvalue weighted by Gasteiger charge is 2.29. The minimum absolute atomic E-state index is 0.736. The van der Waals surface area contributed by atoms with E-state index in [0.717, 1.165) is 48.7 Å². The van der Waals surface area contributed by atoms with Crippen LogP contribution in [-0.4, -0.2) is 22.9 Å². The number of hydrogen-bond donors (Lipinski definition) is 1. The fraction of sp³-hybridized carbons (Fsp3) is 0.750. The van der Waals surface area contributed by atoms with E-state index >= 15 is 0 Å². The van der Waals surface area contributed by atoms with E-state index in [2.05, 4.69) is 30.8 Å². The first-order valence-electron chi connectivity index (χ1n) is 6.12. The van der Waals surface area contributed by atoms with Gasteiger partial charge in [-0.05, 0) is 25.7 Å². The molecule has 1 saturated heterocycles. The highest BCUT2D eigenvalue weighted by atomic mass is 15.4. The summed E-state index contributed by atoms with van der Waals surface area (Å²) < 4.78 is 2.02. The van der Waals surface area contributed by atoms with Crippen molar-refractivity contribution < 1.29 is 0 Å². The third kappa shape index (κ3) is 1.66. The molecule has 2 rings (SSSR count). The minimum Gasteiger partial charge on any atom is -0.394 e. The summed E-state index contributed by atoms with van der Waals surface area (Å²) in [4.78, 5) is 2.38. The molecule has 2 atom stereocenters. The van der Waals surface area contributed by atoms with Gasteiger partial charge in [0.1, 0.15) is 0 Å². The van der Waals surface area contributed by atoms with Crippen LogP contribution in [0, 0.1) is 18.8 Å². The third-order valence-corrected chi connectivity index (χ3v) is 3.73. The van der Waals surface area contributed by atoms with E-state index in [-0.39, 0.29) is 0 Å². The first-order chi connectivity index (χ1) is 7.54. The molecule has 0 spiro atoms. The zero-order valence-electron chi connectivity index (χ0n) is 10.7. The van der Waals surface area contributed by atoms with E-state index in [0.29, 0.717) is 0 Å². The molecule has 2 N–H and O–H groups in total. The van der Waals surface area contributed by atoms with Crippen molar-refractivity contribution in [2.45, 2.75) is 34.2 Å². The average Bonchev–Trinajstić information content (AvgIpc) is 2.70. The summed E-state index contributed by atoms with van der Waals surface area (Å²) in [6.45, 7) is 11.8. The zero-order chi connectivity index (χ0) is 11.9. The summed E-state index contributed by atoms with van der Waals surface area (Å²) in [7, 11) is 0. The number of nitrogens with two attached hydrogens (primary N) is 1. The van der Waals surface area contributed by atoms with Gasteiger partial charge < -0.3 is 10.6 Å². The molecule has 4 nitrogen and oxygen atoms in total. The van der Waals surface area contributed by atoms with Gasteiger partial charge in [0.05, 0.1) is 11.4 Å². The van der Waals surface area contributed by atoms with Crippen molar-refractivity contribution in [3.63, 3.8) is 0 Å². The molecule has 1 aliphatic heterocycles. The maximum atomic E-state index is 6.12. The minimum atomic E-state index is 0.736. The van der Waals surface area contributed by atoms with Gasteiger partial charge in [-0.25, -0.2) is 4.68 Å². The number of aryl methyl sites for hydroxylation is 2. The van der Waals surface area contributed by atoms with Crippen LogP contribution in [0.1, 0.15) is 26.5 Å². The Kier molecular flexibility index (Phi) is 2.82. The lowest BCUT2D eigenvalue weighted by molar-refractivity contribution is 0.494. The molecule has 16 heavy (non-hydrogen) atoms. The largest absolute Gasteiger partial charge is 0.394 e. The van der Waals surface area contributed by atoms with Gasteiger partial charge >= 0.3 is 0 Å². The number of aromatic nitrogens is 2. The van der Waals surface area contributed by atoms with Crippen LogP contribution >= 0.6 is 0 Å². The molecule has 90 valence electrons. The van der Waals surface area contributed by atoms with Crippen molar-refractivity contribution in [1.29, 1.82) is 0 Å². The van der Waals surface area contributed by atoms with Crippen LogP contribution in [0.15, 0.2) is 0 Å². The quantitative estimate of drug-likeness (QED) is 0.831. The molecule has 0 amide bonds. The monoisotopic (exact) mass is 222 g/mol. The summed E-state index contributed by atoms with van der Waals surface area (Å²) >= 11 is 0. The highest BCUT2D eigenvalue weighted by molar-refractivity contribution is 5.66. The second-order valence-corrected chi connectivity index (χ2v) is 5.00. The van der Waals surface area contributed by atoms with Crippen molar-refractivity contribution in [2.24, 2.45) is 11.8 Å². The van der Waals surface area contributed by atoms with E-state index in [1.54, 1.807) is 0 Å². The van der Waals surface area contributed by atoms with Gasteiger partial charge in [0.25, 0.3) is 0 Å². The summed E-state index contributed by atoms with van der Waals surface area (Å²) in [6.07, 6.45) is 0. The number of nitrogen functional groups attached to an aromatic ring is 1. The van der Waals surface area contributed by atoms with Gasteiger partial charge in [0.2, 0.25) is 0 Å². The van der Waals surface area contributed by atoms with Crippen molar-refractivity contribution >= 4 is 11.5 Å². The topological polar surface area (TPSA) is 47.1 Å². The van der Waals surface area contributed by atoms with Crippen molar-refractivity contribution in [1.82, 2.24) is 9.78 Å². The lowest BCUT2D eigenvalue weighted by atomic mass is 10.0. The standard InChI is InChI=1S/C12H22N4/c1-5-16-12(11(13)10(4)14-16)15-6-8(2)9(3)7-15/h8-9H,5-7,13H2,1-4H3. The molecule has 1 aromatic rings. The number of nitrogens with zero attached hydrogens (tertiary/aromatic N) is 3. The lowest BCUT2D eigenvalue weighted by Crippen LogP contribution is -2.24. The van der Waals surface area contributed by atoms with E-state index in [9.17, 15) is 0 Å². The molecular weight excluding hydrogens is 200 g/mol. The predicted octanol–water partition coefficient (Wildman–Crippen LogP) is 1.89. The Labute approximate surface area is 97.4 Å². The summed E-state index contributed by atoms with van der Waals surface area (Å²) in [5.74, 6) is 2.59. The molecule has 1 fully saturated rings. The van der Waals surface area contributed by atoms with Gasteiger partial charge in [-0.1, -0.05) is 13.8 Å². The van der Waals surface area contributed by atoms with E-state index in [4.69, 9.17) is 5.73 Å². The molecule has 0 radical (unpaired) electrons. The molecule has 2 unspecified atom stereocenters. The molecule has 0 aliphatic carbocycles. The van der Waals surface area contributed by atoms with Gasteiger partial charge in [-0.15, -0.1) is 0 Å². The van der Waals surface area contributed by atoms with Crippen molar-refractivity contribution in [3.05, 3.63) is 5.69 Å². The van der Waals surface area contributed by atoms with E-state index in [1.807, 2.05) is 11.6 Å². The Hall–Kier alpha value is -1.19. The maximum Gasteiger partial charge on any atom is 0.150 e. The molecular formula is C12H22N4. The smallest absolute Gasteiger partial charge is 0.150 e. The van der Waals surface area contributed by atoms with E-state index in [1.165, 1.54) is 0 Å². The Morgan fingerprint density at radius 2 is 1.88 bits per heavy atom. The molecule has 0 aromatic carbocycles. The van der Waals surface area contributed by atoms with Crippen LogP contribution in [-0.2, 0) is 6.54 Å². The second kappa shape index (κ2) is 4.00. The lowest BCUT2D eigenvalue weighted by Gasteiger charge is -2.20. The second-order valence-electron chi connectivity index (χ2n) is 5.00. The molecule has 0 saturated carbocycles. The van der Waals surface area contributed by atoms with Crippen LogP contribution in [0.25, 0.3) is 0 Å². The van der Waals surface area contributed by atoms with Crippen LogP contribution in [0.4, 0.5) is 11.5 Å². The predicted molar refractivity (Wildman–Crippen MR) is 67.6 cm³/mol. The summed E-state index contributed by atoms with van der Waals surface area (Å²) in [5.41, 5.74) is 7.92. The molecule has 1 aromatic heterocycles. The average molecular weight is 222 g/mol. The fourth-order valence-electron chi connectivity index (χ4n) is 2.44. The van der Waals surface area contributed by atoms with Crippen LogP contribution < -0.4 is 10.6 Å². The first-order valence-corrected chi connectivity index (χ1v) is 6.12. The Bertz CT molecular complexity index is 373. The molecule has 4 heteroatoms. The summed E-state index contributed by atoms with van der Waals surface area (Å²) in [6, 6.07) is 0. The van der Waals surface area contributed by atoms with Gasteiger partial charge in [0, 0.05) is 19.6 Å². The third-order valence-electron chi connectivity index (χ3n) is 3.73. The van der Waals surface area contributed by atoms with Crippen molar-refractivity contribution in [2.75, 3.05) is 23.7 Å².